The number of likely N-dealkylation sites (N-methyl/N-ethyl adjacent to an activating group) is 2. The summed E-state index contributed by atoms with van der Waals surface area (Å²) in [5, 5.41) is 22.2. The third-order valence-electron chi connectivity index (χ3n) is 2.66. The van der Waals surface area contributed by atoms with Gasteiger partial charge in [-0.15, -0.1) is 0 Å². The fourth-order valence-corrected chi connectivity index (χ4v) is 1.72. The van der Waals surface area contributed by atoms with Gasteiger partial charge in [0.15, 0.2) is 5.82 Å². The normalized spacial score (nSPS) is 10.0. The topological polar surface area (TPSA) is 113 Å². The molecule has 0 saturated carbocycles. The number of rotatable bonds is 6. The molecule has 1 amide bonds. The predicted molar refractivity (Wildman–Crippen MR) is 72.0 cm³/mol. The Morgan fingerprint density at radius 2 is 2.10 bits per heavy atom. The fraction of sp³-hybridized carbons (Fsp3) is 0.333. The Kier molecular flexibility index (Phi) is 5.17. The van der Waals surface area contributed by atoms with Crippen LogP contribution in [0.3, 0.4) is 0 Å². The largest absolute Gasteiger partial charge is 0.477 e. The van der Waals surface area contributed by atoms with Gasteiger partial charge in [-0.25, -0.2) is 9.18 Å². The quantitative estimate of drug-likeness (QED) is 0.598. The lowest BCUT2D eigenvalue weighted by Crippen LogP contribution is -2.35. The number of hydrogen-bond donors (Lipinski definition) is 2. The van der Waals surface area contributed by atoms with Gasteiger partial charge in [0, 0.05) is 13.6 Å². The van der Waals surface area contributed by atoms with Crippen molar-refractivity contribution in [2.75, 3.05) is 25.0 Å². The molecular weight excluding hydrogens is 285 g/mol. The number of nitro benzene ring substituents is 1. The maximum absolute atomic E-state index is 13.9. The van der Waals surface area contributed by atoms with E-state index < -0.39 is 28.0 Å². The van der Waals surface area contributed by atoms with Crippen LogP contribution in [0.1, 0.15) is 17.3 Å². The van der Waals surface area contributed by atoms with Crippen molar-refractivity contribution in [3.8, 4) is 0 Å². The molecule has 0 aromatic heterocycles. The summed E-state index contributed by atoms with van der Waals surface area (Å²) in [5.74, 6) is -2.90. The van der Waals surface area contributed by atoms with Gasteiger partial charge in [0.2, 0.25) is 5.91 Å². The third kappa shape index (κ3) is 3.88. The molecule has 8 nitrogen and oxygen atoms in total. The van der Waals surface area contributed by atoms with Crippen molar-refractivity contribution in [1.82, 2.24) is 5.32 Å². The minimum Gasteiger partial charge on any atom is -0.477 e. The SMILES string of the molecule is CCNC(=O)CN(C)c1cc(C(=O)O)c([N+](=O)[O-])cc1F. The van der Waals surface area contributed by atoms with E-state index in [-0.39, 0.29) is 18.1 Å². The Hall–Kier alpha value is -2.71. The zero-order valence-electron chi connectivity index (χ0n) is 11.4. The minimum absolute atomic E-state index is 0.204. The molecule has 0 unspecified atom stereocenters. The number of halogens is 1. The van der Waals surface area contributed by atoms with Crippen LogP contribution in [0.15, 0.2) is 12.1 Å². The van der Waals surface area contributed by atoms with E-state index in [1.807, 2.05) is 0 Å². The fourth-order valence-electron chi connectivity index (χ4n) is 1.72. The van der Waals surface area contributed by atoms with Crippen molar-refractivity contribution < 1.29 is 24.0 Å². The number of anilines is 1. The first-order valence-corrected chi connectivity index (χ1v) is 5.97. The molecule has 0 atom stereocenters. The van der Waals surface area contributed by atoms with E-state index in [2.05, 4.69) is 5.32 Å². The van der Waals surface area contributed by atoms with Gasteiger partial charge in [0.25, 0.3) is 5.69 Å². The highest BCUT2D eigenvalue weighted by Gasteiger charge is 2.25. The molecule has 0 spiro atoms. The number of aromatic carboxylic acids is 1. The Labute approximate surface area is 119 Å². The molecule has 0 fully saturated rings. The predicted octanol–water partition coefficient (Wildman–Crippen LogP) is 1.00. The van der Waals surface area contributed by atoms with Crippen LogP contribution >= 0.6 is 0 Å². The summed E-state index contributed by atoms with van der Waals surface area (Å²) in [4.78, 5) is 33.4. The Bertz CT molecular complexity index is 591. The summed E-state index contributed by atoms with van der Waals surface area (Å²) in [6, 6.07) is 1.38. The molecule has 0 bridgehead atoms. The second-order valence-electron chi connectivity index (χ2n) is 4.19. The Balaban J connectivity index is 3.19. The summed E-state index contributed by atoms with van der Waals surface area (Å²) in [7, 11) is 1.38. The van der Waals surface area contributed by atoms with Crippen molar-refractivity contribution in [2.45, 2.75) is 6.92 Å². The molecule has 0 saturated heterocycles. The number of nitro groups is 1. The lowest BCUT2D eigenvalue weighted by molar-refractivity contribution is -0.385. The molecule has 2 N–H and O–H groups in total. The van der Waals surface area contributed by atoms with Crippen molar-refractivity contribution in [1.29, 1.82) is 0 Å². The van der Waals surface area contributed by atoms with Crippen LogP contribution in [0, 0.1) is 15.9 Å². The number of benzene rings is 1. The van der Waals surface area contributed by atoms with Gasteiger partial charge in [-0.05, 0) is 13.0 Å². The highest BCUT2D eigenvalue weighted by Crippen LogP contribution is 2.28. The lowest BCUT2D eigenvalue weighted by Gasteiger charge is -2.19. The first-order chi connectivity index (χ1) is 9.77. The summed E-state index contributed by atoms with van der Waals surface area (Å²) in [6.45, 7) is 1.91. The zero-order chi connectivity index (χ0) is 16.2. The lowest BCUT2D eigenvalue weighted by atomic mass is 10.1. The van der Waals surface area contributed by atoms with Crippen LogP contribution in [-0.2, 0) is 4.79 Å². The first-order valence-electron chi connectivity index (χ1n) is 5.97. The third-order valence-corrected chi connectivity index (χ3v) is 2.66. The van der Waals surface area contributed by atoms with Gasteiger partial charge in [0.1, 0.15) is 5.56 Å². The molecule has 1 rings (SSSR count). The van der Waals surface area contributed by atoms with E-state index >= 15 is 0 Å². The van der Waals surface area contributed by atoms with Gasteiger partial charge in [-0.3, -0.25) is 14.9 Å². The molecular formula is C12H14FN3O5. The van der Waals surface area contributed by atoms with Crippen molar-refractivity contribution in [2.24, 2.45) is 0 Å². The molecule has 0 aliphatic carbocycles. The van der Waals surface area contributed by atoms with Crippen LogP contribution in [0.5, 0.6) is 0 Å². The second-order valence-corrected chi connectivity index (χ2v) is 4.19. The van der Waals surface area contributed by atoms with Crippen LogP contribution in [0.25, 0.3) is 0 Å². The first kappa shape index (κ1) is 16.3. The van der Waals surface area contributed by atoms with Gasteiger partial charge in [-0.1, -0.05) is 0 Å². The molecule has 114 valence electrons. The minimum atomic E-state index is -1.55. The molecule has 0 aliphatic rings. The average Bonchev–Trinajstić information content (AvgIpc) is 2.37. The number of nitrogens with one attached hydrogen (secondary N) is 1. The van der Waals surface area contributed by atoms with Gasteiger partial charge >= 0.3 is 5.97 Å². The monoisotopic (exact) mass is 299 g/mol. The molecule has 1 aromatic rings. The van der Waals surface area contributed by atoms with Crippen molar-refractivity contribution in [3.05, 3.63) is 33.6 Å². The number of carbonyl (C=O) groups is 2. The van der Waals surface area contributed by atoms with E-state index in [0.717, 1.165) is 6.07 Å². The summed E-state index contributed by atoms with van der Waals surface area (Å²) in [5.41, 5.74) is -1.68. The number of nitrogens with zero attached hydrogens (tertiary/aromatic N) is 2. The average molecular weight is 299 g/mol. The van der Waals surface area contributed by atoms with E-state index in [4.69, 9.17) is 5.11 Å². The molecule has 21 heavy (non-hydrogen) atoms. The van der Waals surface area contributed by atoms with Crippen LogP contribution in [0.2, 0.25) is 0 Å². The molecule has 9 heteroatoms. The standard InChI is InChI=1S/C12H14FN3O5/c1-3-14-11(17)6-15(2)10-4-7(12(18)19)9(16(20)21)5-8(10)13/h4-5H,3,6H2,1-2H3,(H,14,17)(H,18,19). The Morgan fingerprint density at radius 1 is 1.48 bits per heavy atom. The zero-order valence-corrected chi connectivity index (χ0v) is 11.4. The molecule has 1 aromatic carbocycles. The van der Waals surface area contributed by atoms with E-state index in [1.54, 1.807) is 6.92 Å². The summed E-state index contributed by atoms with van der Waals surface area (Å²) in [6.07, 6.45) is 0. The number of carbonyl (C=O) groups excluding carboxylic acids is 1. The second kappa shape index (κ2) is 6.64. The van der Waals surface area contributed by atoms with Gasteiger partial charge in [0.05, 0.1) is 23.2 Å². The maximum Gasteiger partial charge on any atom is 0.342 e. The van der Waals surface area contributed by atoms with Crippen LogP contribution in [0.4, 0.5) is 15.8 Å². The number of hydrogen-bond acceptors (Lipinski definition) is 5. The van der Waals surface area contributed by atoms with Crippen LogP contribution in [-0.4, -0.2) is 42.0 Å². The van der Waals surface area contributed by atoms with Gasteiger partial charge < -0.3 is 15.3 Å². The molecule has 0 aliphatic heterocycles. The number of carboxylic acids is 1. The van der Waals surface area contributed by atoms with Gasteiger partial charge in [-0.2, -0.15) is 0 Å². The highest BCUT2D eigenvalue weighted by molar-refractivity contribution is 5.94. The maximum atomic E-state index is 13.9. The number of carboxylic acid groups (broad SMARTS) is 1. The van der Waals surface area contributed by atoms with E-state index in [1.165, 1.54) is 11.9 Å². The summed E-state index contributed by atoms with van der Waals surface area (Å²) >= 11 is 0. The molecule has 0 radical (unpaired) electrons. The van der Waals surface area contributed by atoms with E-state index in [9.17, 15) is 24.1 Å². The van der Waals surface area contributed by atoms with E-state index in [0.29, 0.717) is 12.6 Å². The summed E-state index contributed by atoms with van der Waals surface area (Å²) < 4.78 is 13.9. The Morgan fingerprint density at radius 3 is 2.57 bits per heavy atom. The highest BCUT2D eigenvalue weighted by atomic mass is 19.1. The smallest absolute Gasteiger partial charge is 0.342 e. The van der Waals surface area contributed by atoms with Crippen molar-refractivity contribution >= 4 is 23.3 Å². The van der Waals surface area contributed by atoms with Crippen molar-refractivity contribution in [3.63, 3.8) is 0 Å². The molecule has 0 heterocycles. The van der Waals surface area contributed by atoms with Crippen LogP contribution < -0.4 is 10.2 Å². The number of amides is 1.